The standard InChI is InChI=1S/C21H30N2O3/c1-15-14-19(26-3)16(2)13-18(15)21(25)23-11-9-22(10-12-23)20(24)17-7-5-4-6-8-17/h13-14,17H,4-12H2,1-3H3. The second-order valence-electron chi connectivity index (χ2n) is 7.59. The minimum Gasteiger partial charge on any atom is -0.496 e. The number of nitrogens with zero attached hydrogens (tertiary/aromatic N) is 2. The molecule has 1 aromatic rings. The highest BCUT2D eigenvalue weighted by molar-refractivity contribution is 5.96. The highest BCUT2D eigenvalue weighted by Gasteiger charge is 2.30. The van der Waals surface area contributed by atoms with Crippen molar-refractivity contribution in [3.8, 4) is 5.75 Å². The average Bonchev–Trinajstić information content (AvgIpc) is 2.69. The van der Waals surface area contributed by atoms with Gasteiger partial charge in [-0.05, 0) is 49.9 Å². The van der Waals surface area contributed by atoms with Crippen molar-refractivity contribution in [3.63, 3.8) is 0 Å². The van der Waals surface area contributed by atoms with Crippen LogP contribution in [0.1, 0.15) is 53.6 Å². The number of ether oxygens (including phenoxy) is 1. The first-order valence-corrected chi connectivity index (χ1v) is 9.74. The third kappa shape index (κ3) is 3.87. The molecule has 142 valence electrons. The molecule has 0 bridgehead atoms. The number of benzene rings is 1. The van der Waals surface area contributed by atoms with Gasteiger partial charge in [0.15, 0.2) is 0 Å². The second kappa shape index (κ2) is 8.11. The monoisotopic (exact) mass is 358 g/mol. The van der Waals surface area contributed by atoms with Gasteiger partial charge in [0.2, 0.25) is 5.91 Å². The van der Waals surface area contributed by atoms with E-state index in [1.165, 1.54) is 19.3 Å². The summed E-state index contributed by atoms with van der Waals surface area (Å²) in [6, 6.07) is 3.83. The van der Waals surface area contributed by atoms with E-state index in [4.69, 9.17) is 4.74 Å². The molecule has 1 aliphatic heterocycles. The van der Waals surface area contributed by atoms with Gasteiger partial charge < -0.3 is 14.5 Å². The van der Waals surface area contributed by atoms with Crippen molar-refractivity contribution >= 4 is 11.8 Å². The number of piperazine rings is 1. The molecule has 1 aromatic carbocycles. The number of methoxy groups -OCH3 is 1. The summed E-state index contributed by atoms with van der Waals surface area (Å²) in [6.07, 6.45) is 5.66. The fourth-order valence-corrected chi connectivity index (χ4v) is 4.15. The smallest absolute Gasteiger partial charge is 0.254 e. The largest absolute Gasteiger partial charge is 0.496 e. The molecular formula is C21H30N2O3. The molecule has 1 saturated carbocycles. The molecule has 1 aliphatic carbocycles. The van der Waals surface area contributed by atoms with Crippen molar-refractivity contribution in [2.75, 3.05) is 33.3 Å². The predicted octanol–water partition coefficient (Wildman–Crippen LogP) is 3.18. The maximum Gasteiger partial charge on any atom is 0.254 e. The first-order chi connectivity index (χ1) is 12.5. The summed E-state index contributed by atoms with van der Waals surface area (Å²) in [5.74, 6) is 1.37. The zero-order chi connectivity index (χ0) is 18.7. The number of aryl methyl sites for hydroxylation is 2. The van der Waals surface area contributed by atoms with Crippen molar-refractivity contribution < 1.29 is 14.3 Å². The highest BCUT2D eigenvalue weighted by atomic mass is 16.5. The van der Waals surface area contributed by atoms with Crippen molar-refractivity contribution in [1.29, 1.82) is 0 Å². The summed E-state index contributed by atoms with van der Waals surface area (Å²) in [7, 11) is 1.64. The lowest BCUT2D eigenvalue weighted by Gasteiger charge is -2.37. The molecule has 1 saturated heterocycles. The summed E-state index contributed by atoms with van der Waals surface area (Å²) in [5, 5.41) is 0. The molecule has 0 aromatic heterocycles. The lowest BCUT2D eigenvalue weighted by atomic mass is 9.88. The van der Waals surface area contributed by atoms with Crippen molar-refractivity contribution in [2.45, 2.75) is 46.0 Å². The van der Waals surface area contributed by atoms with E-state index in [1.54, 1.807) is 7.11 Å². The molecule has 2 aliphatic rings. The quantitative estimate of drug-likeness (QED) is 0.834. The van der Waals surface area contributed by atoms with E-state index < -0.39 is 0 Å². The van der Waals surface area contributed by atoms with Crippen LogP contribution in [0.15, 0.2) is 12.1 Å². The van der Waals surface area contributed by atoms with Crippen molar-refractivity contribution in [3.05, 3.63) is 28.8 Å². The number of rotatable bonds is 3. The van der Waals surface area contributed by atoms with E-state index in [0.29, 0.717) is 32.1 Å². The zero-order valence-corrected chi connectivity index (χ0v) is 16.2. The van der Waals surface area contributed by atoms with E-state index in [-0.39, 0.29) is 11.8 Å². The summed E-state index contributed by atoms with van der Waals surface area (Å²) in [6.45, 7) is 6.42. The Hall–Kier alpha value is -2.04. The van der Waals surface area contributed by atoms with Gasteiger partial charge in [0, 0.05) is 37.7 Å². The Bertz CT molecular complexity index is 672. The van der Waals surface area contributed by atoms with Crippen LogP contribution in [0.5, 0.6) is 5.75 Å². The van der Waals surface area contributed by atoms with Gasteiger partial charge in [-0.25, -0.2) is 0 Å². The van der Waals surface area contributed by atoms with Crippen LogP contribution in [-0.4, -0.2) is 54.9 Å². The van der Waals surface area contributed by atoms with E-state index in [9.17, 15) is 9.59 Å². The molecule has 0 N–H and O–H groups in total. The predicted molar refractivity (Wildman–Crippen MR) is 102 cm³/mol. The molecular weight excluding hydrogens is 328 g/mol. The van der Waals surface area contributed by atoms with Gasteiger partial charge in [0.25, 0.3) is 5.91 Å². The molecule has 26 heavy (non-hydrogen) atoms. The van der Waals surface area contributed by atoms with Crippen LogP contribution in [-0.2, 0) is 4.79 Å². The van der Waals surface area contributed by atoms with Gasteiger partial charge in [0.05, 0.1) is 7.11 Å². The molecule has 5 heteroatoms. The van der Waals surface area contributed by atoms with Crippen LogP contribution < -0.4 is 4.74 Å². The first kappa shape index (κ1) is 18.7. The Morgan fingerprint density at radius 3 is 2.15 bits per heavy atom. The van der Waals surface area contributed by atoms with Gasteiger partial charge in [-0.3, -0.25) is 9.59 Å². The van der Waals surface area contributed by atoms with Gasteiger partial charge in [0.1, 0.15) is 5.75 Å². The summed E-state index contributed by atoms with van der Waals surface area (Å²) >= 11 is 0. The molecule has 2 fully saturated rings. The van der Waals surface area contributed by atoms with Crippen molar-refractivity contribution in [1.82, 2.24) is 9.80 Å². The number of hydrogen-bond acceptors (Lipinski definition) is 3. The van der Waals surface area contributed by atoms with Crippen LogP contribution in [0.4, 0.5) is 0 Å². The molecule has 0 radical (unpaired) electrons. The number of hydrogen-bond donors (Lipinski definition) is 0. The maximum absolute atomic E-state index is 12.9. The van der Waals surface area contributed by atoms with Gasteiger partial charge in [-0.1, -0.05) is 19.3 Å². The van der Waals surface area contributed by atoms with Gasteiger partial charge in [-0.15, -0.1) is 0 Å². The Balaban J connectivity index is 1.62. The lowest BCUT2D eigenvalue weighted by molar-refractivity contribution is -0.138. The van der Waals surface area contributed by atoms with Crippen LogP contribution in [0.25, 0.3) is 0 Å². The summed E-state index contributed by atoms with van der Waals surface area (Å²) < 4.78 is 5.33. The number of carbonyl (C=O) groups excluding carboxylic acids is 2. The number of carbonyl (C=O) groups is 2. The molecule has 2 amide bonds. The SMILES string of the molecule is COc1cc(C)c(C(=O)N2CCN(C(=O)C3CCCCC3)CC2)cc1C. The molecule has 1 heterocycles. The van der Waals surface area contributed by atoms with Gasteiger partial charge >= 0.3 is 0 Å². The van der Waals surface area contributed by atoms with Crippen molar-refractivity contribution in [2.24, 2.45) is 5.92 Å². The zero-order valence-electron chi connectivity index (χ0n) is 16.2. The van der Waals surface area contributed by atoms with E-state index in [0.717, 1.165) is 35.3 Å². The Kier molecular flexibility index (Phi) is 5.84. The second-order valence-corrected chi connectivity index (χ2v) is 7.59. The normalized spacial score (nSPS) is 18.7. The Labute approximate surface area is 156 Å². The van der Waals surface area contributed by atoms with E-state index >= 15 is 0 Å². The molecule has 3 rings (SSSR count). The minimum absolute atomic E-state index is 0.0537. The molecule has 0 atom stereocenters. The third-order valence-corrected chi connectivity index (χ3v) is 5.81. The molecule has 0 unspecified atom stereocenters. The van der Waals surface area contributed by atoms with E-state index in [2.05, 4.69) is 0 Å². The summed E-state index contributed by atoms with van der Waals surface area (Å²) in [5.41, 5.74) is 2.63. The van der Waals surface area contributed by atoms with Crippen LogP contribution in [0, 0.1) is 19.8 Å². The molecule has 0 spiro atoms. The maximum atomic E-state index is 12.9. The topological polar surface area (TPSA) is 49.9 Å². The van der Waals surface area contributed by atoms with Crippen LogP contribution in [0.2, 0.25) is 0 Å². The first-order valence-electron chi connectivity index (χ1n) is 9.74. The number of amides is 2. The highest BCUT2D eigenvalue weighted by Crippen LogP contribution is 2.27. The average molecular weight is 358 g/mol. The minimum atomic E-state index is 0.0537. The van der Waals surface area contributed by atoms with Crippen LogP contribution in [0.3, 0.4) is 0 Å². The fraction of sp³-hybridized carbons (Fsp3) is 0.619. The molecule has 5 nitrogen and oxygen atoms in total. The van der Waals surface area contributed by atoms with E-state index in [1.807, 2.05) is 35.8 Å². The fourth-order valence-electron chi connectivity index (χ4n) is 4.15. The Morgan fingerprint density at radius 2 is 1.54 bits per heavy atom. The Morgan fingerprint density at radius 1 is 0.923 bits per heavy atom. The van der Waals surface area contributed by atoms with Gasteiger partial charge in [-0.2, -0.15) is 0 Å². The third-order valence-electron chi connectivity index (χ3n) is 5.81. The summed E-state index contributed by atoms with van der Waals surface area (Å²) in [4.78, 5) is 29.4. The lowest BCUT2D eigenvalue weighted by Crippen LogP contribution is -2.52. The van der Waals surface area contributed by atoms with Crippen LogP contribution >= 0.6 is 0 Å².